The van der Waals surface area contributed by atoms with E-state index in [0.717, 1.165) is 11.6 Å². The highest BCUT2D eigenvalue weighted by molar-refractivity contribution is 6.10. The number of phenols is 2. The smallest absolute Gasteiger partial charge is 0.196 e. The zero-order valence-corrected chi connectivity index (χ0v) is 10.9. The van der Waals surface area contributed by atoms with Gasteiger partial charge in [-0.2, -0.15) is 0 Å². The Bertz CT molecular complexity index is 598. The fourth-order valence-electron chi connectivity index (χ4n) is 1.89. The molecule has 0 fully saturated rings. The van der Waals surface area contributed by atoms with E-state index in [1.54, 1.807) is 12.1 Å². The van der Waals surface area contributed by atoms with Gasteiger partial charge in [-0.25, -0.2) is 0 Å². The van der Waals surface area contributed by atoms with Crippen LogP contribution in [0, 0.1) is 0 Å². The second-order valence-electron chi connectivity index (χ2n) is 4.81. The molecule has 0 radical (unpaired) electrons. The van der Waals surface area contributed by atoms with Crippen molar-refractivity contribution in [2.45, 2.75) is 19.8 Å². The van der Waals surface area contributed by atoms with E-state index in [1.807, 2.05) is 12.1 Å². The maximum atomic E-state index is 12.2. The third kappa shape index (κ3) is 2.76. The van der Waals surface area contributed by atoms with Gasteiger partial charge in [0.15, 0.2) is 5.78 Å². The highest BCUT2D eigenvalue weighted by atomic mass is 16.3. The van der Waals surface area contributed by atoms with Crippen LogP contribution in [0.2, 0.25) is 0 Å². The van der Waals surface area contributed by atoms with Gasteiger partial charge >= 0.3 is 0 Å². The Balaban J connectivity index is 2.33. The van der Waals surface area contributed by atoms with E-state index in [-0.39, 0.29) is 22.8 Å². The van der Waals surface area contributed by atoms with Crippen molar-refractivity contribution in [1.29, 1.82) is 0 Å². The van der Waals surface area contributed by atoms with Crippen LogP contribution in [0.5, 0.6) is 11.5 Å². The minimum Gasteiger partial charge on any atom is -0.508 e. The van der Waals surface area contributed by atoms with Crippen molar-refractivity contribution in [3.63, 3.8) is 0 Å². The van der Waals surface area contributed by atoms with Gasteiger partial charge < -0.3 is 10.2 Å². The van der Waals surface area contributed by atoms with Crippen molar-refractivity contribution in [3.05, 3.63) is 59.2 Å². The van der Waals surface area contributed by atoms with Gasteiger partial charge in [0, 0.05) is 11.6 Å². The molecule has 0 bridgehead atoms. The Morgan fingerprint density at radius 3 is 2.16 bits per heavy atom. The number of hydrogen-bond donors (Lipinski definition) is 2. The molecule has 0 spiro atoms. The number of ketones is 1. The Hall–Kier alpha value is -2.29. The number of aromatic hydroxyl groups is 2. The van der Waals surface area contributed by atoms with E-state index in [2.05, 4.69) is 13.8 Å². The van der Waals surface area contributed by atoms with Crippen molar-refractivity contribution in [3.8, 4) is 11.5 Å². The van der Waals surface area contributed by atoms with Crippen LogP contribution >= 0.6 is 0 Å². The molecule has 0 saturated carbocycles. The summed E-state index contributed by atoms with van der Waals surface area (Å²) in [4.78, 5) is 12.2. The Morgan fingerprint density at radius 2 is 1.63 bits per heavy atom. The summed E-state index contributed by atoms with van der Waals surface area (Å²) in [5.74, 6) is -0.124. The second-order valence-corrected chi connectivity index (χ2v) is 4.81. The summed E-state index contributed by atoms with van der Waals surface area (Å²) >= 11 is 0. The van der Waals surface area contributed by atoms with Crippen LogP contribution in [0.15, 0.2) is 42.5 Å². The van der Waals surface area contributed by atoms with Gasteiger partial charge in [-0.3, -0.25) is 4.79 Å². The maximum absolute atomic E-state index is 12.2. The number of phenolic OH excluding ortho intramolecular Hbond substituents is 2. The van der Waals surface area contributed by atoms with Crippen LogP contribution < -0.4 is 0 Å². The fraction of sp³-hybridized carbons (Fsp3) is 0.188. The van der Waals surface area contributed by atoms with Gasteiger partial charge in [0.05, 0.1) is 5.56 Å². The van der Waals surface area contributed by atoms with Crippen molar-refractivity contribution in [2.75, 3.05) is 0 Å². The molecule has 0 aliphatic heterocycles. The predicted molar refractivity (Wildman–Crippen MR) is 73.7 cm³/mol. The number of carbonyl (C=O) groups excluding carboxylic acids is 1. The third-order valence-electron chi connectivity index (χ3n) is 3.07. The summed E-state index contributed by atoms with van der Waals surface area (Å²) < 4.78 is 0. The normalized spacial score (nSPS) is 10.7. The van der Waals surface area contributed by atoms with Crippen molar-refractivity contribution in [1.82, 2.24) is 0 Å². The first-order chi connectivity index (χ1) is 8.99. The van der Waals surface area contributed by atoms with Gasteiger partial charge in [-0.15, -0.1) is 0 Å². The minimum atomic E-state index is -0.257. The van der Waals surface area contributed by atoms with Gasteiger partial charge in [0.2, 0.25) is 0 Å². The van der Waals surface area contributed by atoms with E-state index in [0.29, 0.717) is 11.5 Å². The van der Waals surface area contributed by atoms with Crippen LogP contribution in [0.3, 0.4) is 0 Å². The average Bonchev–Trinajstić information content (AvgIpc) is 2.38. The van der Waals surface area contributed by atoms with Crippen LogP contribution in [-0.2, 0) is 0 Å². The molecule has 0 aliphatic carbocycles. The van der Waals surface area contributed by atoms with Crippen LogP contribution in [0.1, 0.15) is 41.3 Å². The lowest BCUT2D eigenvalue weighted by Crippen LogP contribution is -2.02. The molecule has 2 aromatic rings. The summed E-state index contributed by atoms with van der Waals surface area (Å²) in [7, 11) is 0. The number of carbonyl (C=O) groups is 1. The molecule has 0 amide bonds. The summed E-state index contributed by atoms with van der Waals surface area (Å²) in [5.41, 5.74) is 1.87. The lowest BCUT2D eigenvalue weighted by molar-refractivity contribution is 0.103. The zero-order valence-electron chi connectivity index (χ0n) is 10.9. The Labute approximate surface area is 112 Å². The van der Waals surface area contributed by atoms with E-state index >= 15 is 0 Å². The highest BCUT2D eigenvalue weighted by Gasteiger charge is 2.14. The van der Waals surface area contributed by atoms with E-state index in [4.69, 9.17) is 0 Å². The molecule has 0 heterocycles. The quantitative estimate of drug-likeness (QED) is 0.827. The Morgan fingerprint density at radius 1 is 1.00 bits per heavy atom. The Kier molecular flexibility index (Phi) is 3.56. The second kappa shape index (κ2) is 5.14. The third-order valence-corrected chi connectivity index (χ3v) is 3.07. The molecule has 0 unspecified atom stereocenters. The minimum absolute atomic E-state index is 0.0656. The summed E-state index contributed by atoms with van der Waals surface area (Å²) in [6.45, 7) is 4.17. The summed E-state index contributed by atoms with van der Waals surface area (Å²) in [6.07, 6.45) is 0. The van der Waals surface area contributed by atoms with Crippen molar-refractivity contribution in [2.24, 2.45) is 0 Å². The lowest BCUT2D eigenvalue weighted by Gasteiger charge is -2.07. The molecule has 0 saturated heterocycles. The maximum Gasteiger partial charge on any atom is 0.196 e. The summed E-state index contributed by atoms with van der Waals surface area (Å²) in [5, 5.41) is 18.9. The van der Waals surface area contributed by atoms with E-state index in [1.165, 1.54) is 12.1 Å². The van der Waals surface area contributed by atoms with Crippen molar-refractivity contribution >= 4 is 5.78 Å². The molecule has 3 heteroatoms. The first-order valence-corrected chi connectivity index (χ1v) is 6.15. The average molecular weight is 256 g/mol. The molecule has 2 rings (SSSR count). The molecular weight excluding hydrogens is 240 g/mol. The van der Waals surface area contributed by atoms with Crippen molar-refractivity contribution < 1.29 is 15.0 Å². The topological polar surface area (TPSA) is 57.5 Å². The van der Waals surface area contributed by atoms with Crippen LogP contribution in [0.25, 0.3) is 0 Å². The predicted octanol–water partition coefficient (Wildman–Crippen LogP) is 3.45. The van der Waals surface area contributed by atoms with E-state index < -0.39 is 0 Å². The molecule has 0 aromatic heterocycles. The van der Waals surface area contributed by atoms with Crippen LogP contribution in [0.4, 0.5) is 0 Å². The van der Waals surface area contributed by atoms with Gasteiger partial charge in [-0.05, 0) is 23.6 Å². The largest absolute Gasteiger partial charge is 0.508 e. The molecule has 19 heavy (non-hydrogen) atoms. The molecule has 0 atom stereocenters. The summed E-state index contributed by atoms with van der Waals surface area (Å²) in [6, 6.07) is 11.3. The van der Waals surface area contributed by atoms with Crippen LogP contribution in [-0.4, -0.2) is 16.0 Å². The SMILES string of the molecule is CC(C)c1ccc(C(=O)c2ccc(O)cc2O)cc1. The fourth-order valence-corrected chi connectivity index (χ4v) is 1.89. The lowest BCUT2D eigenvalue weighted by atomic mass is 9.97. The number of hydrogen-bond acceptors (Lipinski definition) is 3. The first-order valence-electron chi connectivity index (χ1n) is 6.15. The molecule has 2 aromatic carbocycles. The standard InChI is InChI=1S/C16H16O3/c1-10(2)11-3-5-12(6-4-11)16(19)14-8-7-13(17)9-15(14)18/h3-10,17-18H,1-2H3. The highest BCUT2D eigenvalue weighted by Crippen LogP contribution is 2.25. The van der Waals surface area contributed by atoms with E-state index in [9.17, 15) is 15.0 Å². The molecule has 3 nitrogen and oxygen atoms in total. The molecule has 98 valence electrons. The van der Waals surface area contributed by atoms with Gasteiger partial charge in [-0.1, -0.05) is 38.1 Å². The molecular formula is C16H16O3. The molecule has 0 aliphatic rings. The monoisotopic (exact) mass is 256 g/mol. The number of rotatable bonds is 3. The first kappa shape index (κ1) is 13.1. The molecule has 2 N–H and O–H groups in total. The number of benzene rings is 2. The zero-order chi connectivity index (χ0) is 14.0. The van der Waals surface area contributed by atoms with Gasteiger partial charge in [0.1, 0.15) is 11.5 Å². The van der Waals surface area contributed by atoms with Gasteiger partial charge in [0.25, 0.3) is 0 Å².